The molecule has 1 aliphatic carbocycles. The maximum absolute atomic E-state index is 11.6. The Kier molecular flexibility index (Phi) is 3.86. The van der Waals surface area contributed by atoms with E-state index in [0.717, 1.165) is 29.7 Å². The van der Waals surface area contributed by atoms with Gasteiger partial charge in [0.15, 0.2) is 0 Å². The van der Waals surface area contributed by atoms with Crippen molar-refractivity contribution in [2.24, 2.45) is 11.7 Å². The van der Waals surface area contributed by atoms with E-state index >= 15 is 0 Å². The lowest BCUT2D eigenvalue weighted by Crippen LogP contribution is -2.19. The summed E-state index contributed by atoms with van der Waals surface area (Å²) in [5.41, 5.74) is 6.82. The van der Waals surface area contributed by atoms with Crippen LogP contribution in [0.15, 0.2) is 0 Å². The van der Waals surface area contributed by atoms with Gasteiger partial charge in [-0.3, -0.25) is 9.59 Å². The number of fused-ring (bicyclic) bond motifs is 1. The number of nitrogens with one attached hydrogen (secondary N) is 1. The van der Waals surface area contributed by atoms with Crippen molar-refractivity contribution in [1.82, 2.24) is 0 Å². The highest BCUT2D eigenvalue weighted by Crippen LogP contribution is 2.39. The molecule has 1 aromatic rings. The van der Waals surface area contributed by atoms with Gasteiger partial charge in [0, 0.05) is 4.88 Å². The van der Waals surface area contributed by atoms with E-state index in [4.69, 9.17) is 11.0 Å². The zero-order chi connectivity index (χ0) is 14.0. The first-order valence-electron chi connectivity index (χ1n) is 6.14. The quantitative estimate of drug-likeness (QED) is 0.882. The molecule has 0 unspecified atom stereocenters. The molecule has 2 amide bonds. The van der Waals surface area contributed by atoms with Gasteiger partial charge in [-0.25, -0.2) is 0 Å². The van der Waals surface area contributed by atoms with E-state index < -0.39 is 11.8 Å². The van der Waals surface area contributed by atoms with Gasteiger partial charge in [-0.15, -0.1) is 11.3 Å². The number of hydrogen-bond acceptors (Lipinski definition) is 4. The smallest absolute Gasteiger partial charge is 0.251 e. The van der Waals surface area contributed by atoms with E-state index in [2.05, 4.69) is 12.2 Å². The Morgan fingerprint density at radius 2 is 2.32 bits per heavy atom. The molecule has 0 spiro atoms. The number of thiophene rings is 1. The Hall–Kier alpha value is -1.87. The van der Waals surface area contributed by atoms with Crippen molar-refractivity contribution in [3.8, 4) is 6.07 Å². The molecule has 2 rings (SSSR count). The molecule has 19 heavy (non-hydrogen) atoms. The van der Waals surface area contributed by atoms with E-state index in [1.54, 1.807) is 6.07 Å². The van der Waals surface area contributed by atoms with Crippen molar-refractivity contribution in [3.05, 3.63) is 16.0 Å². The molecule has 0 radical (unpaired) electrons. The highest BCUT2D eigenvalue weighted by molar-refractivity contribution is 7.17. The molecule has 0 saturated heterocycles. The minimum Gasteiger partial charge on any atom is -0.365 e. The number of nitrogens with zero attached hydrogens (tertiary/aromatic N) is 1. The molecule has 0 aliphatic heterocycles. The fourth-order valence-corrected chi connectivity index (χ4v) is 3.77. The molecule has 1 aromatic heterocycles. The van der Waals surface area contributed by atoms with Crippen LogP contribution in [0, 0.1) is 17.2 Å². The summed E-state index contributed by atoms with van der Waals surface area (Å²) in [6, 6.07) is 1.78. The molecular weight excluding hydrogens is 262 g/mol. The molecule has 1 aliphatic rings. The van der Waals surface area contributed by atoms with Crippen molar-refractivity contribution in [1.29, 1.82) is 5.26 Å². The van der Waals surface area contributed by atoms with Crippen LogP contribution in [0.5, 0.6) is 0 Å². The van der Waals surface area contributed by atoms with Gasteiger partial charge in [0.25, 0.3) is 5.91 Å². The molecule has 1 atom stereocenters. The number of carbonyl (C=O) groups is 2. The van der Waals surface area contributed by atoms with Crippen LogP contribution in [-0.2, 0) is 17.6 Å². The largest absolute Gasteiger partial charge is 0.365 e. The summed E-state index contributed by atoms with van der Waals surface area (Å²) >= 11 is 1.41. The zero-order valence-corrected chi connectivity index (χ0v) is 11.5. The first-order chi connectivity index (χ1) is 9.02. The molecule has 6 heteroatoms. The number of amides is 2. The van der Waals surface area contributed by atoms with Gasteiger partial charge in [0.1, 0.15) is 11.4 Å². The van der Waals surface area contributed by atoms with Crippen LogP contribution < -0.4 is 11.1 Å². The van der Waals surface area contributed by atoms with Crippen LogP contribution >= 0.6 is 11.3 Å². The summed E-state index contributed by atoms with van der Waals surface area (Å²) in [4.78, 5) is 24.2. The predicted molar refractivity (Wildman–Crippen MR) is 72.9 cm³/mol. The number of nitriles is 1. The Morgan fingerprint density at radius 3 is 2.95 bits per heavy atom. The monoisotopic (exact) mass is 277 g/mol. The summed E-state index contributed by atoms with van der Waals surface area (Å²) < 4.78 is 0. The summed E-state index contributed by atoms with van der Waals surface area (Å²) in [7, 11) is 0. The van der Waals surface area contributed by atoms with E-state index in [1.165, 1.54) is 11.3 Å². The first kappa shape index (κ1) is 13.6. The van der Waals surface area contributed by atoms with Crippen LogP contribution in [-0.4, -0.2) is 11.8 Å². The fourth-order valence-electron chi connectivity index (χ4n) is 2.34. The van der Waals surface area contributed by atoms with Gasteiger partial charge in [-0.05, 0) is 30.7 Å². The summed E-state index contributed by atoms with van der Waals surface area (Å²) in [6.07, 6.45) is 2.53. The molecule has 100 valence electrons. The lowest BCUT2D eigenvalue weighted by molar-refractivity contribution is -0.115. The second kappa shape index (κ2) is 5.41. The molecule has 0 fully saturated rings. The third-order valence-corrected chi connectivity index (χ3v) is 4.42. The highest BCUT2D eigenvalue weighted by Gasteiger charge is 2.27. The zero-order valence-electron chi connectivity index (χ0n) is 10.7. The maximum Gasteiger partial charge on any atom is 0.251 e. The number of rotatable bonds is 3. The second-order valence-electron chi connectivity index (χ2n) is 4.80. The van der Waals surface area contributed by atoms with E-state index in [0.29, 0.717) is 16.5 Å². The Bertz CT molecular complexity index is 571. The fraction of sp³-hybridized carbons (Fsp3) is 0.462. The maximum atomic E-state index is 11.6. The normalized spacial score (nSPS) is 17.4. The van der Waals surface area contributed by atoms with Crippen LogP contribution in [0.1, 0.15) is 40.6 Å². The van der Waals surface area contributed by atoms with Crippen molar-refractivity contribution >= 4 is 28.2 Å². The predicted octanol–water partition coefficient (Wildman–Crippen LogP) is 1.82. The molecule has 0 bridgehead atoms. The average molecular weight is 277 g/mol. The highest BCUT2D eigenvalue weighted by atomic mass is 32.1. The van der Waals surface area contributed by atoms with Crippen molar-refractivity contribution < 1.29 is 9.59 Å². The molecule has 0 aromatic carbocycles. The molecule has 5 nitrogen and oxygen atoms in total. The lowest BCUT2D eigenvalue weighted by Gasteiger charge is -2.18. The van der Waals surface area contributed by atoms with Gasteiger partial charge >= 0.3 is 0 Å². The third-order valence-electron chi connectivity index (χ3n) is 3.25. The van der Waals surface area contributed by atoms with Crippen molar-refractivity contribution in [2.75, 3.05) is 5.32 Å². The number of carbonyl (C=O) groups excluding carboxylic acids is 2. The molecular formula is C13H15N3O2S. The van der Waals surface area contributed by atoms with Gasteiger partial charge in [-0.1, -0.05) is 6.92 Å². The van der Waals surface area contributed by atoms with Crippen molar-refractivity contribution in [2.45, 2.75) is 32.6 Å². The summed E-state index contributed by atoms with van der Waals surface area (Å²) in [5, 5.41) is 11.6. The van der Waals surface area contributed by atoms with Gasteiger partial charge < -0.3 is 11.1 Å². The van der Waals surface area contributed by atoms with E-state index in [9.17, 15) is 9.59 Å². The van der Waals surface area contributed by atoms with Gasteiger partial charge in [-0.2, -0.15) is 5.26 Å². The summed E-state index contributed by atoms with van der Waals surface area (Å²) in [6.45, 7) is 2.17. The molecule has 3 N–H and O–H groups in total. The van der Waals surface area contributed by atoms with Gasteiger partial charge in [0.2, 0.25) is 5.91 Å². The average Bonchev–Trinajstić information content (AvgIpc) is 2.65. The van der Waals surface area contributed by atoms with E-state index in [-0.39, 0.29) is 6.42 Å². The van der Waals surface area contributed by atoms with Crippen LogP contribution in [0.4, 0.5) is 5.00 Å². The van der Waals surface area contributed by atoms with Gasteiger partial charge in [0.05, 0.1) is 11.6 Å². The Labute approximate surface area is 115 Å². The van der Waals surface area contributed by atoms with Crippen LogP contribution in [0.3, 0.4) is 0 Å². The minimum absolute atomic E-state index is 0.225. The SMILES string of the molecule is C[C@H]1CCc2c(sc(NC(=O)CC#N)c2C(N)=O)C1. The Morgan fingerprint density at radius 1 is 1.58 bits per heavy atom. The lowest BCUT2D eigenvalue weighted by atomic mass is 9.88. The number of nitrogens with two attached hydrogens (primary N) is 1. The topological polar surface area (TPSA) is 96.0 Å². The van der Waals surface area contributed by atoms with Crippen LogP contribution in [0.25, 0.3) is 0 Å². The number of hydrogen-bond donors (Lipinski definition) is 2. The molecule has 0 saturated carbocycles. The molecule has 1 heterocycles. The second-order valence-corrected chi connectivity index (χ2v) is 5.91. The third kappa shape index (κ3) is 2.76. The summed E-state index contributed by atoms with van der Waals surface area (Å²) in [5.74, 6) is -0.342. The standard InChI is InChI=1S/C13H15N3O2S/c1-7-2-3-8-9(6-7)19-13(11(8)12(15)18)16-10(17)4-5-14/h7H,2-4,6H2,1H3,(H2,15,18)(H,16,17)/t7-/m0/s1. The first-order valence-corrected chi connectivity index (χ1v) is 6.95. The Balaban J connectivity index is 2.36. The number of anilines is 1. The van der Waals surface area contributed by atoms with Crippen molar-refractivity contribution in [3.63, 3.8) is 0 Å². The number of primary amides is 1. The minimum atomic E-state index is -0.515. The van der Waals surface area contributed by atoms with E-state index in [1.807, 2.05) is 0 Å². The van der Waals surface area contributed by atoms with Crippen LogP contribution in [0.2, 0.25) is 0 Å².